The molecule has 0 amide bonds. The van der Waals surface area contributed by atoms with E-state index in [9.17, 15) is 5.11 Å². The highest BCUT2D eigenvalue weighted by atomic mass is 16.3. The molecule has 0 unspecified atom stereocenters. The number of rotatable bonds is 5. The summed E-state index contributed by atoms with van der Waals surface area (Å²) in [4.78, 5) is 2.22. The average Bonchev–Trinajstić information content (AvgIpc) is 2.17. The van der Waals surface area contributed by atoms with Crippen molar-refractivity contribution in [3.63, 3.8) is 0 Å². The van der Waals surface area contributed by atoms with Gasteiger partial charge in [0.1, 0.15) is 5.75 Å². The van der Waals surface area contributed by atoms with Crippen LogP contribution < -0.4 is 0 Å². The molecular formula is C15H27NO. The summed E-state index contributed by atoms with van der Waals surface area (Å²) >= 11 is 0. The summed E-state index contributed by atoms with van der Waals surface area (Å²) in [5, 5.41) is 9.51. The Balaban J connectivity index is 0.00000256. The molecule has 1 rings (SSSR count). The van der Waals surface area contributed by atoms with Crippen LogP contribution in [0.25, 0.3) is 0 Å². The van der Waals surface area contributed by atoms with Crippen molar-refractivity contribution in [2.24, 2.45) is 5.92 Å². The molecule has 2 atom stereocenters. The summed E-state index contributed by atoms with van der Waals surface area (Å²) in [6.07, 6.45) is 1.11. The van der Waals surface area contributed by atoms with Gasteiger partial charge >= 0.3 is 0 Å². The van der Waals surface area contributed by atoms with Crippen molar-refractivity contribution in [1.29, 1.82) is 0 Å². The standard InChI is InChI=1S/C14H23NO.CH4/c1-5-14(11(2)10-15(3)4)12-7-6-8-13(16)9-12;/h6-9,11,14,16H,5,10H2,1-4H3;1H4/t11-,14+;/m0./s1. The van der Waals surface area contributed by atoms with E-state index in [0.29, 0.717) is 17.6 Å². The molecule has 0 fully saturated rings. The third-order valence-electron chi connectivity index (χ3n) is 3.08. The van der Waals surface area contributed by atoms with Crippen LogP contribution in [0.1, 0.15) is 39.2 Å². The molecule has 0 spiro atoms. The van der Waals surface area contributed by atoms with Crippen molar-refractivity contribution in [3.05, 3.63) is 29.8 Å². The van der Waals surface area contributed by atoms with Crippen molar-refractivity contribution in [2.75, 3.05) is 20.6 Å². The minimum atomic E-state index is 0. The van der Waals surface area contributed by atoms with E-state index in [4.69, 9.17) is 0 Å². The Bertz CT molecular complexity index is 322. The first-order chi connectivity index (χ1) is 7.54. The third-order valence-corrected chi connectivity index (χ3v) is 3.08. The molecule has 0 heterocycles. The second-order valence-electron chi connectivity index (χ2n) is 4.85. The van der Waals surface area contributed by atoms with Crippen LogP contribution in [-0.4, -0.2) is 30.6 Å². The second kappa shape index (κ2) is 7.33. The Morgan fingerprint density at radius 1 is 1.29 bits per heavy atom. The molecule has 2 heteroatoms. The van der Waals surface area contributed by atoms with Gasteiger partial charge in [0.05, 0.1) is 0 Å². The fourth-order valence-corrected chi connectivity index (χ4v) is 2.43. The van der Waals surface area contributed by atoms with Gasteiger partial charge in [-0.2, -0.15) is 0 Å². The van der Waals surface area contributed by atoms with E-state index < -0.39 is 0 Å². The molecule has 98 valence electrons. The molecule has 0 saturated carbocycles. The number of hydrogen-bond donors (Lipinski definition) is 1. The van der Waals surface area contributed by atoms with Crippen LogP contribution in [0.4, 0.5) is 0 Å². The lowest BCUT2D eigenvalue weighted by Gasteiger charge is -2.26. The topological polar surface area (TPSA) is 23.5 Å². The van der Waals surface area contributed by atoms with Crippen LogP contribution in [0.5, 0.6) is 5.75 Å². The van der Waals surface area contributed by atoms with Crippen LogP contribution in [-0.2, 0) is 0 Å². The first kappa shape index (κ1) is 16.0. The Hall–Kier alpha value is -1.02. The lowest BCUT2D eigenvalue weighted by Crippen LogP contribution is -2.24. The maximum atomic E-state index is 9.51. The van der Waals surface area contributed by atoms with Gasteiger partial charge in [-0.25, -0.2) is 0 Å². The van der Waals surface area contributed by atoms with Gasteiger partial charge in [0.25, 0.3) is 0 Å². The molecule has 0 radical (unpaired) electrons. The van der Waals surface area contributed by atoms with Gasteiger partial charge in [-0.3, -0.25) is 0 Å². The smallest absolute Gasteiger partial charge is 0.115 e. The molecule has 0 aliphatic rings. The first-order valence-corrected chi connectivity index (χ1v) is 5.98. The predicted molar refractivity (Wildman–Crippen MR) is 75.6 cm³/mol. The summed E-state index contributed by atoms with van der Waals surface area (Å²) in [6, 6.07) is 7.66. The van der Waals surface area contributed by atoms with E-state index in [1.807, 2.05) is 12.1 Å². The quantitative estimate of drug-likeness (QED) is 0.843. The van der Waals surface area contributed by atoms with Crippen LogP contribution in [0.2, 0.25) is 0 Å². The molecule has 0 aliphatic heterocycles. The number of phenolic OH excluding ortho intramolecular Hbond substituents is 1. The number of aromatic hydroxyl groups is 1. The first-order valence-electron chi connectivity index (χ1n) is 5.98. The number of nitrogens with zero attached hydrogens (tertiary/aromatic N) is 1. The van der Waals surface area contributed by atoms with Gasteiger partial charge in [-0.1, -0.05) is 33.4 Å². The normalized spacial score (nSPS) is 14.2. The van der Waals surface area contributed by atoms with Crippen molar-refractivity contribution >= 4 is 0 Å². The van der Waals surface area contributed by atoms with E-state index in [-0.39, 0.29) is 7.43 Å². The zero-order valence-corrected chi connectivity index (χ0v) is 10.8. The molecule has 2 nitrogen and oxygen atoms in total. The minimum Gasteiger partial charge on any atom is -0.508 e. The summed E-state index contributed by atoms with van der Waals surface area (Å²) in [6.45, 7) is 5.56. The maximum Gasteiger partial charge on any atom is 0.115 e. The van der Waals surface area contributed by atoms with E-state index in [1.165, 1.54) is 5.56 Å². The highest BCUT2D eigenvalue weighted by molar-refractivity contribution is 5.30. The third kappa shape index (κ3) is 4.78. The van der Waals surface area contributed by atoms with E-state index in [1.54, 1.807) is 6.07 Å². The Labute approximate surface area is 106 Å². The maximum absolute atomic E-state index is 9.51. The van der Waals surface area contributed by atoms with Crippen LogP contribution in [0.15, 0.2) is 24.3 Å². The average molecular weight is 237 g/mol. The zero-order valence-electron chi connectivity index (χ0n) is 10.8. The van der Waals surface area contributed by atoms with Crippen LogP contribution >= 0.6 is 0 Å². The number of benzene rings is 1. The fraction of sp³-hybridized carbons (Fsp3) is 0.600. The predicted octanol–water partition coefficient (Wildman–Crippen LogP) is 3.72. The van der Waals surface area contributed by atoms with Gasteiger partial charge in [0, 0.05) is 6.54 Å². The molecular weight excluding hydrogens is 210 g/mol. The Morgan fingerprint density at radius 2 is 1.94 bits per heavy atom. The summed E-state index contributed by atoms with van der Waals surface area (Å²) in [5.74, 6) is 1.49. The molecule has 1 N–H and O–H groups in total. The van der Waals surface area contributed by atoms with Crippen molar-refractivity contribution in [1.82, 2.24) is 4.90 Å². The van der Waals surface area contributed by atoms with Gasteiger partial charge in [-0.15, -0.1) is 0 Å². The molecule has 1 aromatic carbocycles. The minimum absolute atomic E-state index is 0. The van der Waals surface area contributed by atoms with E-state index >= 15 is 0 Å². The van der Waals surface area contributed by atoms with Gasteiger partial charge < -0.3 is 10.0 Å². The lowest BCUT2D eigenvalue weighted by molar-refractivity contribution is 0.301. The number of phenols is 1. The summed E-state index contributed by atoms with van der Waals surface area (Å²) in [5.41, 5.74) is 1.25. The molecule has 0 saturated heterocycles. The van der Waals surface area contributed by atoms with Crippen LogP contribution in [0, 0.1) is 5.92 Å². The van der Waals surface area contributed by atoms with Gasteiger partial charge in [0.2, 0.25) is 0 Å². The molecule has 1 aromatic rings. The van der Waals surface area contributed by atoms with Gasteiger partial charge in [-0.05, 0) is 50.0 Å². The lowest BCUT2D eigenvalue weighted by atomic mass is 9.85. The molecule has 0 bridgehead atoms. The van der Waals surface area contributed by atoms with E-state index in [0.717, 1.165) is 13.0 Å². The van der Waals surface area contributed by atoms with Crippen LogP contribution in [0.3, 0.4) is 0 Å². The Kier molecular flexibility index (Phi) is 6.89. The highest BCUT2D eigenvalue weighted by Crippen LogP contribution is 2.30. The van der Waals surface area contributed by atoms with Gasteiger partial charge in [0.15, 0.2) is 0 Å². The summed E-state index contributed by atoms with van der Waals surface area (Å²) < 4.78 is 0. The SMILES string of the molecule is C.CC[C@@H](c1cccc(O)c1)[C@@H](C)CN(C)C. The molecule has 0 aromatic heterocycles. The number of hydrogen-bond acceptors (Lipinski definition) is 2. The Morgan fingerprint density at radius 3 is 2.41 bits per heavy atom. The van der Waals surface area contributed by atoms with Crippen molar-refractivity contribution in [2.45, 2.75) is 33.6 Å². The zero-order chi connectivity index (χ0) is 12.1. The highest BCUT2D eigenvalue weighted by Gasteiger charge is 2.18. The largest absolute Gasteiger partial charge is 0.508 e. The van der Waals surface area contributed by atoms with Crippen molar-refractivity contribution in [3.8, 4) is 5.75 Å². The van der Waals surface area contributed by atoms with E-state index in [2.05, 4.69) is 38.9 Å². The van der Waals surface area contributed by atoms with Crippen molar-refractivity contribution < 1.29 is 5.11 Å². The molecule has 17 heavy (non-hydrogen) atoms. The monoisotopic (exact) mass is 237 g/mol. The fourth-order valence-electron chi connectivity index (χ4n) is 2.43. The summed E-state index contributed by atoms with van der Waals surface area (Å²) in [7, 11) is 4.21. The second-order valence-corrected chi connectivity index (χ2v) is 4.85. The molecule has 0 aliphatic carbocycles.